The SMILES string of the molecule is CCCC(O)CN(CC)CCCN(C)C. The number of likely N-dealkylation sites (N-methyl/N-ethyl adjacent to an activating group) is 1. The number of hydrogen-bond acceptors (Lipinski definition) is 3. The van der Waals surface area contributed by atoms with Crippen molar-refractivity contribution in [2.45, 2.75) is 39.2 Å². The van der Waals surface area contributed by atoms with E-state index in [9.17, 15) is 5.11 Å². The van der Waals surface area contributed by atoms with Crippen molar-refractivity contribution in [3.63, 3.8) is 0 Å². The van der Waals surface area contributed by atoms with E-state index >= 15 is 0 Å². The molecule has 0 saturated carbocycles. The summed E-state index contributed by atoms with van der Waals surface area (Å²) in [5.41, 5.74) is 0. The van der Waals surface area contributed by atoms with Gasteiger partial charge in [-0.05, 0) is 46.6 Å². The first-order valence-corrected chi connectivity index (χ1v) is 6.15. The third-order valence-electron chi connectivity index (χ3n) is 2.62. The van der Waals surface area contributed by atoms with Crippen molar-refractivity contribution in [2.75, 3.05) is 40.3 Å². The predicted octanol–water partition coefficient (Wildman–Crippen LogP) is 1.42. The first-order chi connectivity index (χ1) is 7.10. The highest BCUT2D eigenvalue weighted by Gasteiger charge is 2.08. The van der Waals surface area contributed by atoms with Crippen molar-refractivity contribution in [2.24, 2.45) is 0 Å². The number of rotatable bonds is 9. The van der Waals surface area contributed by atoms with Crippen LogP contribution in [0.25, 0.3) is 0 Å². The molecule has 0 aliphatic heterocycles. The van der Waals surface area contributed by atoms with E-state index in [0.29, 0.717) is 0 Å². The fraction of sp³-hybridized carbons (Fsp3) is 1.00. The van der Waals surface area contributed by atoms with Crippen LogP contribution in [-0.2, 0) is 0 Å². The summed E-state index contributed by atoms with van der Waals surface area (Å²) in [5, 5.41) is 9.71. The van der Waals surface area contributed by atoms with Gasteiger partial charge >= 0.3 is 0 Å². The summed E-state index contributed by atoms with van der Waals surface area (Å²) < 4.78 is 0. The lowest BCUT2D eigenvalue weighted by Crippen LogP contribution is -2.34. The molecule has 0 aromatic heterocycles. The van der Waals surface area contributed by atoms with Crippen LogP contribution in [0.1, 0.15) is 33.1 Å². The van der Waals surface area contributed by atoms with E-state index < -0.39 is 0 Å². The second-order valence-corrected chi connectivity index (χ2v) is 4.49. The van der Waals surface area contributed by atoms with Gasteiger partial charge in [-0.3, -0.25) is 0 Å². The molecule has 0 aliphatic rings. The van der Waals surface area contributed by atoms with Crippen LogP contribution in [0.3, 0.4) is 0 Å². The Morgan fingerprint density at radius 3 is 2.27 bits per heavy atom. The highest BCUT2D eigenvalue weighted by atomic mass is 16.3. The van der Waals surface area contributed by atoms with Gasteiger partial charge in [-0.25, -0.2) is 0 Å². The molecule has 0 aromatic rings. The largest absolute Gasteiger partial charge is 0.392 e. The molecule has 0 aliphatic carbocycles. The maximum absolute atomic E-state index is 9.71. The van der Waals surface area contributed by atoms with Gasteiger partial charge in [-0.2, -0.15) is 0 Å². The molecule has 1 unspecified atom stereocenters. The van der Waals surface area contributed by atoms with Crippen LogP contribution < -0.4 is 0 Å². The number of hydrogen-bond donors (Lipinski definition) is 1. The van der Waals surface area contributed by atoms with Gasteiger partial charge in [-0.1, -0.05) is 20.3 Å². The van der Waals surface area contributed by atoms with Crippen molar-refractivity contribution < 1.29 is 5.11 Å². The van der Waals surface area contributed by atoms with Crippen LogP contribution in [0, 0.1) is 0 Å². The highest BCUT2D eigenvalue weighted by molar-refractivity contribution is 4.63. The maximum Gasteiger partial charge on any atom is 0.0667 e. The number of aliphatic hydroxyl groups excluding tert-OH is 1. The van der Waals surface area contributed by atoms with E-state index in [-0.39, 0.29) is 6.10 Å². The molecule has 0 bridgehead atoms. The lowest BCUT2D eigenvalue weighted by molar-refractivity contribution is 0.105. The smallest absolute Gasteiger partial charge is 0.0667 e. The molecular weight excluding hydrogens is 188 g/mol. The van der Waals surface area contributed by atoms with Crippen LogP contribution in [0.5, 0.6) is 0 Å². The maximum atomic E-state index is 9.71. The highest BCUT2D eigenvalue weighted by Crippen LogP contribution is 2.01. The first-order valence-electron chi connectivity index (χ1n) is 6.15. The second kappa shape index (κ2) is 9.13. The van der Waals surface area contributed by atoms with Gasteiger partial charge < -0.3 is 14.9 Å². The van der Waals surface area contributed by atoms with Crippen molar-refractivity contribution in [1.82, 2.24) is 9.80 Å². The summed E-state index contributed by atoms with van der Waals surface area (Å²) in [6.45, 7) is 8.36. The van der Waals surface area contributed by atoms with E-state index in [1.807, 2.05) is 0 Å². The summed E-state index contributed by atoms with van der Waals surface area (Å²) >= 11 is 0. The zero-order chi connectivity index (χ0) is 11.7. The summed E-state index contributed by atoms with van der Waals surface area (Å²) in [4.78, 5) is 4.54. The Morgan fingerprint density at radius 1 is 1.13 bits per heavy atom. The normalized spacial score (nSPS) is 13.8. The van der Waals surface area contributed by atoms with Gasteiger partial charge in [0.1, 0.15) is 0 Å². The topological polar surface area (TPSA) is 26.7 Å². The summed E-state index contributed by atoms with van der Waals surface area (Å²) in [7, 11) is 4.20. The van der Waals surface area contributed by atoms with Crippen LogP contribution >= 0.6 is 0 Å². The quantitative estimate of drug-likeness (QED) is 0.631. The molecule has 3 nitrogen and oxygen atoms in total. The van der Waals surface area contributed by atoms with Crippen molar-refractivity contribution in [1.29, 1.82) is 0 Å². The Balaban J connectivity index is 3.62. The van der Waals surface area contributed by atoms with Crippen molar-refractivity contribution in [3.8, 4) is 0 Å². The lowest BCUT2D eigenvalue weighted by Gasteiger charge is -2.24. The van der Waals surface area contributed by atoms with Crippen LogP contribution in [0.4, 0.5) is 0 Å². The molecule has 1 atom stereocenters. The van der Waals surface area contributed by atoms with E-state index in [1.165, 1.54) is 6.42 Å². The van der Waals surface area contributed by atoms with Crippen molar-refractivity contribution >= 4 is 0 Å². The molecule has 0 aromatic carbocycles. The predicted molar refractivity (Wildman–Crippen MR) is 66.2 cm³/mol. The fourth-order valence-corrected chi connectivity index (χ4v) is 1.71. The molecule has 0 heterocycles. The molecule has 0 radical (unpaired) electrons. The number of aliphatic hydroxyl groups is 1. The van der Waals surface area contributed by atoms with Crippen molar-refractivity contribution in [3.05, 3.63) is 0 Å². The fourth-order valence-electron chi connectivity index (χ4n) is 1.71. The molecule has 0 saturated heterocycles. The average Bonchev–Trinajstić information content (AvgIpc) is 2.16. The van der Waals surface area contributed by atoms with E-state index in [2.05, 4.69) is 37.7 Å². The molecule has 3 heteroatoms. The molecule has 0 fully saturated rings. The minimum atomic E-state index is -0.144. The lowest BCUT2D eigenvalue weighted by atomic mass is 10.2. The number of nitrogens with zero attached hydrogens (tertiary/aromatic N) is 2. The summed E-state index contributed by atoms with van der Waals surface area (Å²) in [6, 6.07) is 0. The third-order valence-corrected chi connectivity index (χ3v) is 2.62. The molecule has 0 rings (SSSR count). The Morgan fingerprint density at radius 2 is 1.80 bits per heavy atom. The van der Waals surface area contributed by atoms with Gasteiger partial charge in [0.15, 0.2) is 0 Å². The molecule has 0 amide bonds. The molecule has 0 spiro atoms. The zero-order valence-electron chi connectivity index (χ0n) is 10.9. The van der Waals surface area contributed by atoms with E-state index in [0.717, 1.165) is 39.0 Å². The van der Waals surface area contributed by atoms with E-state index in [1.54, 1.807) is 0 Å². The van der Waals surface area contributed by atoms with Gasteiger partial charge in [-0.15, -0.1) is 0 Å². The summed E-state index contributed by atoms with van der Waals surface area (Å²) in [5.74, 6) is 0. The minimum absolute atomic E-state index is 0.144. The monoisotopic (exact) mass is 216 g/mol. The van der Waals surface area contributed by atoms with Crippen LogP contribution in [-0.4, -0.2) is 61.3 Å². The average molecular weight is 216 g/mol. The molecule has 15 heavy (non-hydrogen) atoms. The second-order valence-electron chi connectivity index (χ2n) is 4.49. The van der Waals surface area contributed by atoms with Gasteiger partial charge in [0.05, 0.1) is 6.10 Å². The Hall–Kier alpha value is -0.120. The third kappa shape index (κ3) is 8.85. The van der Waals surface area contributed by atoms with Gasteiger partial charge in [0.2, 0.25) is 0 Å². The Labute approximate surface area is 95.1 Å². The van der Waals surface area contributed by atoms with Crippen LogP contribution in [0.15, 0.2) is 0 Å². The molecule has 92 valence electrons. The van der Waals surface area contributed by atoms with Crippen LogP contribution in [0.2, 0.25) is 0 Å². The van der Waals surface area contributed by atoms with Gasteiger partial charge in [0, 0.05) is 6.54 Å². The molecule has 1 N–H and O–H groups in total. The zero-order valence-corrected chi connectivity index (χ0v) is 10.9. The van der Waals surface area contributed by atoms with E-state index in [4.69, 9.17) is 0 Å². The summed E-state index contributed by atoms with van der Waals surface area (Å²) in [6.07, 6.45) is 3.02. The Bertz CT molecular complexity index is 140. The standard InChI is InChI=1S/C12H28N2O/c1-5-8-12(15)11-14(6-2)10-7-9-13(3)4/h12,15H,5-11H2,1-4H3. The van der Waals surface area contributed by atoms with Gasteiger partial charge in [0.25, 0.3) is 0 Å². The Kier molecular flexibility index (Phi) is 9.06. The first kappa shape index (κ1) is 14.9. The minimum Gasteiger partial charge on any atom is -0.392 e. The molecular formula is C12H28N2O.